The average Bonchev–Trinajstić information content (AvgIpc) is 3.48. The molecule has 2 aromatic heterocycles. The minimum absolute atomic E-state index is 0.0706. The number of hydrogen-bond acceptors (Lipinski definition) is 7. The maximum atomic E-state index is 12.8. The number of nitrogens with one attached hydrogen (secondary N) is 2. The molecule has 0 saturated carbocycles. The number of carbonyl (C=O) groups excluding carboxylic acids is 2. The molecule has 2 N–H and O–H groups in total. The molecule has 35 heavy (non-hydrogen) atoms. The lowest BCUT2D eigenvalue weighted by molar-refractivity contribution is -0.119. The normalized spacial score (nSPS) is 10.6. The number of thiazole rings is 1. The SMILES string of the molecule is COc1ccc(OCc2cc(C(=O)Nc3nc(-c4ccc(CNC(C)=O)cc4)cs3)c(C)o2)cc1. The molecule has 2 aromatic carbocycles. The first kappa shape index (κ1) is 24.0. The van der Waals surface area contributed by atoms with E-state index in [0.29, 0.717) is 34.5 Å². The highest BCUT2D eigenvalue weighted by molar-refractivity contribution is 7.14. The van der Waals surface area contributed by atoms with Crippen molar-refractivity contribution in [2.45, 2.75) is 27.0 Å². The van der Waals surface area contributed by atoms with Crippen LogP contribution in [0.25, 0.3) is 11.3 Å². The molecule has 0 spiro atoms. The van der Waals surface area contributed by atoms with E-state index in [1.54, 1.807) is 32.2 Å². The number of nitrogens with zero attached hydrogens (tertiary/aromatic N) is 1. The number of carbonyl (C=O) groups is 2. The number of rotatable bonds is 9. The maximum Gasteiger partial charge on any atom is 0.260 e. The topological polar surface area (TPSA) is 103 Å². The highest BCUT2D eigenvalue weighted by Gasteiger charge is 2.17. The summed E-state index contributed by atoms with van der Waals surface area (Å²) >= 11 is 1.34. The lowest BCUT2D eigenvalue weighted by Gasteiger charge is -2.05. The fourth-order valence-corrected chi connectivity index (χ4v) is 4.03. The highest BCUT2D eigenvalue weighted by Crippen LogP contribution is 2.26. The van der Waals surface area contributed by atoms with Gasteiger partial charge >= 0.3 is 0 Å². The minimum Gasteiger partial charge on any atom is -0.497 e. The van der Waals surface area contributed by atoms with Crippen molar-refractivity contribution < 1.29 is 23.5 Å². The summed E-state index contributed by atoms with van der Waals surface area (Å²) in [6, 6.07) is 16.7. The fraction of sp³-hybridized carbons (Fsp3) is 0.192. The summed E-state index contributed by atoms with van der Waals surface area (Å²) in [6.45, 7) is 3.90. The molecule has 0 saturated heterocycles. The number of methoxy groups -OCH3 is 1. The molecular formula is C26H25N3O5S. The molecule has 9 heteroatoms. The number of benzene rings is 2. The number of aryl methyl sites for hydroxylation is 1. The van der Waals surface area contributed by atoms with Gasteiger partial charge in [-0.25, -0.2) is 4.98 Å². The second-order valence-corrected chi connectivity index (χ2v) is 8.60. The Kier molecular flexibility index (Phi) is 7.47. The first-order chi connectivity index (χ1) is 16.9. The molecular weight excluding hydrogens is 466 g/mol. The third-order valence-electron chi connectivity index (χ3n) is 5.17. The van der Waals surface area contributed by atoms with E-state index in [9.17, 15) is 9.59 Å². The van der Waals surface area contributed by atoms with E-state index in [1.807, 2.05) is 41.8 Å². The summed E-state index contributed by atoms with van der Waals surface area (Å²) in [6.07, 6.45) is 0. The van der Waals surface area contributed by atoms with Crippen molar-refractivity contribution in [1.29, 1.82) is 0 Å². The van der Waals surface area contributed by atoms with Crippen LogP contribution in [0.4, 0.5) is 5.13 Å². The van der Waals surface area contributed by atoms with E-state index in [-0.39, 0.29) is 18.4 Å². The van der Waals surface area contributed by atoms with Crippen molar-refractivity contribution in [2.24, 2.45) is 0 Å². The van der Waals surface area contributed by atoms with Crippen molar-refractivity contribution in [3.63, 3.8) is 0 Å². The summed E-state index contributed by atoms with van der Waals surface area (Å²) < 4.78 is 16.6. The Morgan fingerprint density at radius 1 is 1.06 bits per heavy atom. The van der Waals surface area contributed by atoms with E-state index in [4.69, 9.17) is 13.9 Å². The third-order valence-corrected chi connectivity index (χ3v) is 5.93. The van der Waals surface area contributed by atoms with Crippen LogP contribution in [0.3, 0.4) is 0 Å². The van der Waals surface area contributed by atoms with Gasteiger partial charge in [-0.2, -0.15) is 0 Å². The molecule has 0 aliphatic rings. The van der Waals surface area contributed by atoms with Crippen LogP contribution in [0.5, 0.6) is 11.5 Å². The average molecular weight is 492 g/mol. The maximum absolute atomic E-state index is 12.8. The Hall–Kier alpha value is -4.11. The Bertz CT molecular complexity index is 1310. The Balaban J connectivity index is 1.36. The van der Waals surface area contributed by atoms with Gasteiger partial charge in [0.25, 0.3) is 5.91 Å². The minimum atomic E-state index is -0.298. The van der Waals surface area contributed by atoms with E-state index in [1.165, 1.54) is 18.3 Å². The number of ether oxygens (including phenoxy) is 2. The van der Waals surface area contributed by atoms with Gasteiger partial charge in [0.05, 0.1) is 18.4 Å². The predicted molar refractivity (Wildman–Crippen MR) is 134 cm³/mol. The summed E-state index contributed by atoms with van der Waals surface area (Å²) in [5.74, 6) is 2.09. The fourth-order valence-electron chi connectivity index (χ4n) is 3.31. The molecule has 180 valence electrons. The second-order valence-electron chi connectivity index (χ2n) is 7.75. The van der Waals surface area contributed by atoms with E-state index in [2.05, 4.69) is 15.6 Å². The zero-order chi connectivity index (χ0) is 24.8. The Labute approximate surface area is 206 Å². The first-order valence-electron chi connectivity index (χ1n) is 10.9. The van der Waals surface area contributed by atoms with Gasteiger partial charge in [-0.3, -0.25) is 14.9 Å². The number of aromatic nitrogens is 1. The van der Waals surface area contributed by atoms with Gasteiger partial charge in [-0.1, -0.05) is 24.3 Å². The summed E-state index contributed by atoms with van der Waals surface area (Å²) in [7, 11) is 1.61. The molecule has 2 heterocycles. The molecule has 0 bridgehead atoms. The third kappa shape index (κ3) is 6.27. The lowest BCUT2D eigenvalue weighted by atomic mass is 10.1. The smallest absolute Gasteiger partial charge is 0.260 e. The van der Waals surface area contributed by atoms with Crippen molar-refractivity contribution in [3.8, 4) is 22.8 Å². The van der Waals surface area contributed by atoms with Gasteiger partial charge in [-0.05, 0) is 42.8 Å². The molecule has 4 rings (SSSR count). The van der Waals surface area contributed by atoms with Crippen molar-refractivity contribution in [1.82, 2.24) is 10.3 Å². The Morgan fingerprint density at radius 2 is 1.77 bits per heavy atom. The number of amides is 2. The predicted octanol–water partition coefficient (Wildman–Crippen LogP) is 5.19. The zero-order valence-corrected chi connectivity index (χ0v) is 20.4. The van der Waals surface area contributed by atoms with Crippen LogP contribution >= 0.6 is 11.3 Å². The van der Waals surface area contributed by atoms with Crippen molar-refractivity contribution in [2.75, 3.05) is 12.4 Å². The quantitative estimate of drug-likeness (QED) is 0.334. The summed E-state index contributed by atoms with van der Waals surface area (Å²) in [5.41, 5.74) is 3.10. The van der Waals surface area contributed by atoms with Gasteiger partial charge in [0.2, 0.25) is 5.91 Å². The molecule has 0 aliphatic carbocycles. The molecule has 0 radical (unpaired) electrons. The van der Waals surface area contributed by atoms with Gasteiger partial charge in [0.1, 0.15) is 29.6 Å². The van der Waals surface area contributed by atoms with E-state index >= 15 is 0 Å². The van der Waals surface area contributed by atoms with Crippen LogP contribution in [-0.4, -0.2) is 23.9 Å². The first-order valence-corrected chi connectivity index (χ1v) is 11.8. The number of furan rings is 1. The van der Waals surface area contributed by atoms with Crippen LogP contribution in [0.15, 0.2) is 64.4 Å². The number of hydrogen-bond donors (Lipinski definition) is 2. The lowest BCUT2D eigenvalue weighted by Crippen LogP contribution is -2.18. The van der Waals surface area contributed by atoms with Crippen LogP contribution in [-0.2, 0) is 17.9 Å². The van der Waals surface area contributed by atoms with Gasteiger partial charge in [-0.15, -0.1) is 11.3 Å². The van der Waals surface area contributed by atoms with Gasteiger partial charge < -0.3 is 19.2 Å². The number of anilines is 1. The van der Waals surface area contributed by atoms with Crippen molar-refractivity contribution >= 4 is 28.3 Å². The standard InChI is InChI=1S/C26H25N3O5S/c1-16-23(12-22(34-16)14-33-21-10-8-20(32-3)9-11-21)25(31)29-26-28-24(15-35-26)19-6-4-18(5-7-19)13-27-17(2)30/h4-12,15H,13-14H2,1-3H3,(H,27,30)(H,28,29,31). The molecule has 0 aliphatic heterocycles. The summed E-state index contributed by atoms with van der Waals surface area (Å²) in [4.78, 5) is 28.4. The molecule has 2 amide bonds. The largest absolute Gasteiger partial charge is 0.497 e. The summed E-state index contributed by atoms with van der Waals surface area (Å²) in [5, 5.41) is 7.98. The van der Waals surface area contributed by atoms with Crippen LogP contribution in [0, 0.1) is 6.92 Å². The van der Waals surface area contributed by atoms with Crippen LogP contribution in [0.2, 0.25) is 0 Å². The highest BCUT2D eigenvalue weighted by atomic mass is 32.1. The molecule has 0 fully saturated rings. The monoisotopic (exact) mass is 491 g/mol. The molecule has 0 atom stereocenters. The molecule has 8 nitrogen and oxygen atoms in total. The Morgan fingerprint density at radius 3 is 2.46 bits per heavy atom. The molecule has 4 aromatic rings. The van der Waals surface area contributed by atoms with Crippen molar-refractivity contribution in [3.05, 3.63) is 82.6 Å². The van der Waals surface area contributed by atoms with E-state index in [0.717, 1.165) is 22.6 Å². The second kappa shape index (κ2) is 10.9. The van der Waals surface area contributed by atoms with Crippen LogP contribution in [0.1, 0.15) is 34.4 Å². The zero-order valence-electron chi connectivity index (χ0n) is 19.6. The van der Waals surface area contributed by atoms with Crippen LogP contribution < -0.4 is 20.1 Å². The van der Waals surface area contributed by atoms with E-state index < -0.39 is 0 Å². The van der Waals surface area contributed by atoms with Gasteiger partial charge in [0, 0.05) is 24.4 Å². The van der Waals surface area contributed by atoms with Gasteiger partial charge in [0.15, 0.2) is 5.13 Å². The molecule has 0 unspecified atom stereocenters.